The van der Waals surface area contributed by atoms with E-state index in [4.69, 9.17) is 4.85 Å². The first-order chi connectivity index (χ1) is 37.2. The number of rotatable bonds is 6. The predicted octanol–water partition coefficient (Wildman–Crippen LogP) is 19.4. The lowest BCUT2D eigenvalue weighted by molar-refractivity contribution is 0.731. The maximum atomic E-state index is 12.3. The third-order valence-electron chi connectivity index (χ3n) is 15.5. The Balaban J connectivity index is 1.21. The number of nitriles is 1. The van der Waals surface area contributed by atoms with Gasteiger partial charge in [-0.2, -0.15) is 5.26 Å². The number of aromatic nitrogens is 1. The van der Waals surface area contributed by atoms with Gasteiger partial charge in [-0.1, -0.05) is 218 Å². The van der Waals surface area contributed by atoms with Crippen molar-refractivity contribution >= 4 is 108 Å². The fourth-order valence-electron chi connectivity index (χ4n) is 12.5. The Morgan fingerprint density at radius 3 is 1.31 bits per heavy atom. The van der Waals surface area contributed by atoms with Gasteiger partial charge in [0.2, 0.25) is 5.69 Å². The van der Waals surface area contributed by atoms with Crippen LogP contribution in [0.2, 0.25) is 0 Å². The van der Waals surface area contributed by atoms with Gasteiger partial charge in [-0.15, -0.1) is 22.7 Å². The molecule has 1 aliphatic heterocycles. The average Bonchev–Trinajstić information content (AvgIpc) is 4.31. The molecule has 3 aromatic heterocycles. The Morgan fingerprint density at radius 2 is 0.827 bits per heavy atom. The number of hydrogen-bond donors (Lipinski definition) is 0. The van der Waals surface area contributed by atoms with Crippen LogP contribution in [0.15, 0.2) is 243 Å². The quantitative estimate of drug-likeness (QED) is 0.156. The number of para-hydroxylation sites is 2. The number of anilines is 3. The molecule has 0 radical (unpaired) electrons. The Hall–Kier alpha value is -9.56. The van der Waals surface area contributed by atoms with E-state index in [1.54, 1.807) is 22.7 Å². The van der Waals surface area contributed by atoms with E-state index in [9.17, 15) is 11.8 Å². The van der Waals surface area contributed by atoms with Gasteiger partial charge in [-0.05, 0) is 57.6 Å². The lowest BCUT2D eigenvalue weighted by Gasteiger charge is -2.47. The van der Waals surface area contributed by atoms with Crippen LogP contribution in [0.25, 0.3) is 94.9 Å². The second kappa shape index (κ2) is 16.7. The normalized spacial score (nSPS) is 12.9. The molecule has 11 aromatic carbocycles. The first-order valence-electron chi connectivity index (χ1n) is 25.1. The zero-order valence-corrected chi connectivity index (χ0v) is 41.8. The van der Waals surface area contributed by atoms with Gasteiger partial charge in [0.05, 0.1) is 60.7 Å². The number of thiophene rings is 2. The largest absolute Gasteiger partial charge is 0.316 e. The van der Waals surface area contributed by atoms with Crippen LogP contribution in [-0.2, 0) is 5.41 Å². The van der Waals surface area contributed by atoms with Gasteiger partial charge in [0.1, 0.15) is 6.07 Å². The minimum Gasteiger partial charge on any atom is -0.316 e. The molecule has 0 atom stereocenters. The van der Waals surface area contributed by atoms with E-state index >= 15 is 0 Å². The summed E-state index contributed by atoms with van der Waals surface area (Å²) in [6.45, 7) is 9.61. The third-order valence-corrected chi connectivity index (χ3v) is 17.9. The van der Waals surface area contributed by atoms with Crippen molar-refractivity contribution in [2.45, 2.75) is 5.41 Å². The van der Waals surface area contributed by atoms with E-state index in [0.717, 1.165) is 87.2 Å². The van der Waals surface area contributed by atoms with E-state index in [-0.39, 0.29) is 0 Å². The fourth-order valence-corrected chi connectivity index (χ4v) is 15.0. The fraction of sp³-hybridized carbons (Fsp3) is 0.0145. The highest BCUT2D eigenvalue weighted by molar-refractivity contribution is 7.27. The van der Waals surface area contributed by atoms with Crippen molar-refractivity contribution in [3.63, 3.8) is 0 Å². The van der Waals surface area contributed by atoms with E-state index in [2.05, 4.69) is 234 Å². The number of hydrogen-bond acceptors (Lipinski definition) is 4. The second-order valence-electron chi connectivity index (χ2n) is 19.2. The molecule has 14 aromatic rings. The van der Waals surface area contributed by atoms with Gasteiger partial charge in [-0.25, -0.2) is 4.85 Å². The summed E-state index contributed by atoms with van der Waals surface area (Å²) >= 11 is 3.60. The molecule has 0 amide bonds. The molecule has 0 fully saturated rings. The van der Waals surface area contributed by atoms with Crippen molar-refractivity contribution in [1.29, 1.82) is 5.26 Å². The molecule has 4 heterocycles. The van der Waals surface area contributed by atoms with E-state index in [0.29, 0.717) is 22.5 Å². The Bertz CT molecular complexity index is 4510. The van der Waals surface area contributed by atoms with Crippen molar-refractivity contribution in [2.24, 2.45) is 0 Å². The average molecular weight is 989 g/mol. The zero-order chi connectivity index (χ0) is 49.8. The second-order valence-corrected chi connectivity index (χ2v) is 21.3. The predicted molar refractivity (Wildman–Crippen MR) is 315 cm³/mol. The van der Waals surface area contributed by atoms with Crippen LogP contribution in [0.3, 0.4) is 0 Å². The molecule has 0 spiro atoms. The van der Waals surface area contributed by atoms with Crippen molar-refractivity contribution in [3.05, 3.63) is 282 Å². The molecule has 0 saturated carbocycles. The van der Waals surface area contributed by atoms with Crippen LogP contribution in [0, 0.1) is 17.9 Å². The number of fused-ring (bicyclic) bond motifs is 13. The van der Waals surface area contributed by atoms with Crippen LogP contribution >= 0.6 is 22.7 Å². The number of nitrogens with zero attached hydrogens (tertiary/aromatic N) is 4. The smallest absolute Gasteiger partial charge is 0.220 e. The Morgan fingerprint density at radius 1 is 0.413 bits per heavy atom. The highest BCUT2D eigenvalue weighted by Crippen LogP contribution is 2.62. The Kier molecular flexibility index (Phi) is 9.62. The van der Waals surface area contributed by atoms with E-state index in [1.165, 1.54) is 30.9 Å². The van der Waals surface area contributed by atoms with Crippen molar-refractivity contribution in [3.8, 4) is 34.0 Å². The molecule has 0 aliphatic carbocycles. The molecule has 348 valence electrons. The summed E-state index contributed by atoms with van der Waals surface area (Å²) in [5, 5.41) is 19.2. The SMILES string of the molecule is [C-]#[N+]c1c(-c2ccccc2)c(C#N)c(N2c3ccccc3C(c3ccccc3)(c3ccccc3)c3ccccc32)c(-c2ccccc2)c1-n1c2c(ccc3c4ccccc4sc32)c2ccc3c4ccccc4sc3c21. The lowest BCUT2D eigenvalue weighted by Crippen LogP contribution is -2.38. The molecule has 15 rings (SSSR count). The third kappa shape index (κ3) is 6.01. The van der Waals surface area contributed by atoms with Crippen molar-refractivity contribution in [1.82, 2.24) is 4.57 Å². The summed E-state index contributed by atoms with van der Waals surface area (Å²) in [4.78, 5) is 7.06. The maximum Gasteiger partial charge on any atom is 0.220 e. The molecular weight excluding hydrogens is 949 g/mol. The molecular formula is C69H40N4S2. The van der Waals surface area contributed by atoms with E-state index < -0.39 is 5.41 Å². The van der Waals surface area contributed by atoms with Gasteiger partial charge in [0.15, 0.2) is 0 Å². The maximum absolute atomic E-state index is 12.3. The van der Waals surface area contributed by atoms with Crippen LogP contribution in [-0.4, -0.2) is 4.57 Å². The lowest BCUT2D eigenvalue weighted by atomic mass is 9.62. The minimum absolute atomic E-state index is 0.414. The highest BCUT2D eigenvalue weighted by Gasteiger charge is 2.47. The highest BCUT2D eigenvalue weighted by atomic mass is 32.1. The van der Waals surface area contributed by atoms with Crippen LogP contribution in [0.5, 0.6) is 0 Å². The molecule has 4 nitrogen and oxygen atoms in total. The topological polar surface area (TPSA) is 36.3 Å². The van der Waals surface area contributed by atoms with Crippen LogP contribution < -0.4 is 4.90 Å². The molecule has 6 heteroatoms. The first-order valence-corrected chi connectivity index (χ1v) is 26.7. The van der Waals surface area contributed by atoms with Gasteiger partial charge < -0.3 is 9.47 Å². The van der Waals surface area contributed by atoms with Gasteiger partial charge in [0.25, 0.3) is 0 Å². The van der Waals surface area contributed by atoms with Gasteiger partial charge in [0, 0.05) is 52.8 Å². The molecule has 75 heavy (non-hydrogen) atoms. The summed E-state index contributed by atoms with van der Waals surface area (Å²) in [6, 6.07) is 89.1. The van der Waals surface area contributed by atoms with Crippen molar-refractivity contribution < 1.29 is 0 Å². The first kappa shape index (κ1) is 43.1. The standard InChI is InChI=1S/C69H40N4S2/c1-71-62-60(43-22-6-2-7-23-43)53(42-70)63(72-56-34-18-16-32-54(56)69(45-26-10-4-11-27-45,46-28-12-5-13-29-46)55-33-17-19-35-57(55)72)61(44-24-8-3-9-25-44)66(62)73-64-49(38-40-51-47-30-14-20-36-58(47)74-67(51)64)50-39-41-52-48-31-15-21-37-59(48)75-68(52)65(50)73/h2-41H. The monoisotopic (exact) mass is 988 g/mol. The summed E-state index contributed by atoms with van der Waals surface area (Å²) in [7, 11) is 0. The minimum atomic E-state index is -0.750. The van der Waals surface area contributed by atoms with Gasteiger partial charge >= 0.3 is 0 Å². The summed E-state index contributed by atoms with van der Waals surface area (Å²) in [5.41, 5.74) is 13.0. The Labute approximate surface area is 440 Å². The molecule has 0 N–H and O–H groups in total. The molecule has 0 bridgehead atoms. The number of benzene rings is 11. The summed E-state index contributed by atoms with van der Waals surface area (Å²) in [6.07, 6.45) is 0. The van der Waals surface area contributed by atoms with Crippen LogP contribution in [0.4, 0.5) is 22.7 Å². The van der Waals surface area contributed by atoms with Crippen LogP contribution in [0.1, 0.15) is 27.8 Å². The van der Waals surface area contributed by atoms with Gasteiger partial charge in [-0.3, -0.25) is 0 Å². The summed E-state index contributed by atoms with van der Waals surface area (Å²) in [5.74, 6) is 0. The van der Waals surface area contributed by atoms with Crippen molar-refractivity contribution in [2.75, 3.05) is 4.90 Å². The molecule has 1 aliphatic rings. The molecule has 0 saturated heterocycles. The zero-order valence-electron chi connectivity index (χ0n) is 40.2. The molecule has 0 unspecified atom stereocenters. The summed E-state index contributed by atoms with van der Waals surface area (Å²) < 4.78 is 7.14. The van der Waals surface area contributed by atoms with E-state index in [1.807, 2.05) is 24.3 Å².